The maximum absolute atomic E-state index is 13.2. The number of halogens is 1. The SMILES string of the molecule is O=C1N[C@]2(CCCc3sccc32)C(=O)N1Cc1nnc(-c2ccc(Cl)cc2)o1. The Morgan fingerprint density at radius 1 is 1.21 bits per heavy atom. The highest BCUT2D eigenvalue weighted by molar-refractivity contribution is 7.10. The van der Waals surface area contributed by atoms with Crippen LogP contribution < -0.4 is 5.32 Å². The molecule has 0 saturated carbocycles. The minimum Gasteiger partial charge on any atom is -0.419 e. The van der Waals surface area contributed by atoms with Gasteiger partial charge in [-0.15, -0.1) is 21.5 Å². The Morgan fingerprint density at radius 3 is 2.86 bits per heavy atom. The van der Waals surface area contributed by atoms with Gasteiger partial charge in [-0.25, -0.2) is 4.79 Å². The molecular formula is C19H15ClN4O3S. The molecule has 0 radical (unpaired) electrons. The number of benzene rings is 1. The number of aromatic nitrogens is 2. The van der Waals surface area contributed by atoms with E-state index in [0.29, 0.717) is 22.9 Å². The summed E-state index contributed by atoms with van der Waals surface area (Å²) in [4.78, 5) is 28.1. The van der Waals surface area contributed by atoms with Crippen molar-refractivity contribution in [1.82, 2.24) is 20.4 Å². The summed E-state index contributed by atoms with van der Waals surface area (Å²) in [6.45, 7) is -0.0630. The van der Waals surface area contributed by atoms with Crippen LogP contribution >= 0.6 is 22.9 Å². The zero-order chi connectivity index (χ0) is 19.3. The summed E-state index contributed by atoms with van der Waals surface area (Å²) in [5.74, 6) is 0.251. The van der Waals surface area contributed by atoms with Crippen molar-refractivity contribution in [1.29, 1.82) is 0 Å². The molecule has 1 atom stereocenters. The Kier molecular flexibility index (Phi) is 3.99. The van der Waals surface area contributed by atoms with E-state index in [1.54, 1.807) is 35.6 Å². The number of rotatable bonds is 3. The van der Waals surface area contributed by atoms with E-state index in [0.717, 1.165) is 28.2 Å². The molecule has 1 aliphatic carbocycles. The number of hydrogen-bond donors (Lipinski definition) is 1. The molecular weight excluding hydrogens is 400 g/mol. The van der Waals surface area contributed by atoms with Crippen molar-refractivity contribution in [3.8, 4) is 11.5 Å². The number of fused-ring (bicyclic) bond motifs is 2. The first-order valence-electron chi connectivity index (χ1n) is 8.86. The van der Waals surface area contributed by atoms with Crippen molar-refractivity contribution < 1.29 is 14.0 Å². The second kappa shape index (κ2) is 6.42. The van der Waals surface area contributed by atoms with Gasteiger partial charge in [0.25, 0.3) is 5.91 Å². The third-order valence-corrected chi connectivity index (χ3v) is 6.42. The van der Waals surface area contributed by atoms with Crippen molar-refractivity contribution in [3.05, 3.63) is 57.1 Å². The number of carbonyl (C=O) groups excluding carboxylic acids is 2. The predicted octanol–water partition coefficient (Wildman–Crippen LogP) is 3.74. The number of nitrogens with one attached hydrogen (secondary N) is 1. The van der Waals surface area contributed by atoms with Gasteiger partial charge in [-0.3, -0.25) is 9.69 Å². The fraction of sp³-hybridized carbons (Fsp3) is 0.263. The Labute approximate surface area is 169 Å². The first kappa shape index (κ1) is 17.4. The molecule has 0 unspecified atom stereocenters. The van der Waals surface area contributed by atoms with E-state index in [-0.39, 0.29) is 18.3 Å². The van der Waals surface area contributed by atoms with Crippen LogP contribution in [0.2, 0.25) is 5.02 Å². The van der Waals surface area contributed by atoms with Crippen LogP contribution in [-0.4, -0.2) is 27.0 Å². The normalized spacial score (nSPS) is 21.2. The first-order chi connectivity index (χ1) is 13.6. The van der Waals surface area contributed by atoms with Gasteiger partial charge >= 0.3 is 6.03 Å². The molecule has 1 aromatic carbocycles. The van der Waals surface area contributed by atoms with Gasteiger partial charge in [0, 0.05) is 21.0 Å². The molecule has 3 heterocycles. The molecule has 5 rings (SSSR count). The van der Waals surface area contributed by atoms with E-state index >= 15 is 0 Å². The number of hydrogen-bond acceptors (Lipinski definition) is 6. The van der Waals surface area contributed by atoms with Gasteiger partial charge in [0.2, 0.25) is 11.8 Å². The summed E-state index contributed by atoms with van der Waals surface area (Å²) in [5, 5.41) is 13.5. The lowest BCUT2D eigenvalue weighted by molar-refractivity contribution is -0.132. The standard InChI is InChI=1S/C19H15ClN4O3S/c20-12-5-3-11(4-6-12)16-23-22-15(27-16)10-24-17(25)19(21-18(24)26)8-1-2-14-13(19)7-9-28-14/h3-7,9H,1-2,8,10H2,(H,21,26)/t19-/m0/s1. The molecule has 3 amide bonds. The van der Waals surface area contributed by atoms with Gasteiger partial charge in [0.05, 0.1) is 0 Å². The fourth-order valence-corrected chi connectivity index (χ4v) is 4.97. The average Bonchev–Trinajstić information content (AvgIpc) is 3.40. The van der Waals surface area contributed by atoms with E-state index in [1.165, 1.54) is 0 Å². The molecule has 1 aliphatic heterocycles. The zero-order valence-corrected chi connectivity index (χ0v) is 16.2. The number of aryl methyl sites for hydroxylation is 1. The zero-order valence-electron chi connectivity index (χ0n) is 14.6. The molecule has 1 spiro atoms. The molecule has 142 valence electrons. The molecule has 9 heteroatoms. The second-order valence-corrected chi connectivity index (χ2v) is 8.28. The van der Waals surface area contributed by atoms with E-state index in [1.807, 2.05) is 11.4 Å². The summed E-state index contributed by atoms with van der Waals surface area (Å²) in [6.07, 6.45) is 2.39. The van der Waals surface area contributed by atoms with Crippen LogP contribution in [0.25, 0.3) is 11.5 Å². The van der Waals surface area contributed by atoms with E-state index in [9.17, 15) is 9.59 Å². The molecule has 0 bridgehead atoms. The number of carbonyl (C=O) groups is 2. The number of urea groups is 1. The number of thiophene rings is 1. The maximum Gasteiger partial charge on any atom is 0.325 e. The highest BCUT2D eigenvalue weighted by atomic mass is 35.5. The van der Waals surface area contributed by atoms with Gasteiger partial charge < -0.3 is 9.73 Å². The second-order valence-electron chi connectivity index (χ2n) is 6.85. The maximum atomic E-state index is 13.2. The lowest BCUT2D eigenvalue weighted by atomic mass is 9.80. The quantitative estimate of drug-likeness (QED) is 0.659. The van der Waals surface area contributed by atoms with Crippen molar-refractivity contribution >= 4 is 34.9 Å². The lowest BCUT2D eigenvalue weighted by Crippen LogP contribution is -2.46. The molecule has 2 aromatic heterocycles. The van der Waals surface area contributed by atoms with Crippen LogP contribution in [0.4, 0.5) is 4.79 Å². The minimum atomic E-state index is -0.969. The largest absolute Gasteiger partial charge is 0.419 e. The van der Waals surface area contributed by atoms with Crippen molar-refractivity contribution in [2.75, 3.05) is 0 Å². The van der Waals surface area contributed by atoms with E-state index in [4.69, 9.17) is 16.0 Å². The van der Waals surface area contributed by atoms with Crippen LogP contribution in [0, 0.1) is 0 Å². The molecule has 3 aromatic rings. The summed E-state index contributed by atoms with van der Waals surface area (Å²) >= 11 is 7.52. The predicted molar refractivity (Wildman–Crippen MR) is 103 cm³/mol. The van der Waals surface area contributed by atoms with Crippen molar-refractivity contribution in [3.63, 3.8) is 0 Å². The van der Waals surface area contributed by atoms with E-state index < -0.39 is 11.6 Å². The third kappa shape index (κ3) is 2.63. The first-order valence-corrected chi connectivity index (χ1v) is 10.1. The fourth-order valence-electron chi connectivity index (χ4n) is 3.85. The number of nitrogens with zero attached hydrogens (tertiary/aromatic N) is 3. The van der Waals surface area contributed by atoms with Crippen LogP contribution in [-0.2, 0) is 23.3 Å². The average molecular weight is 415 g/mol. The summed E-state index contributed by atoms with van der Waals surface area (Å²) < 4.78 is 5.66. The molecule has 7 nitrogen and oxygen atoms in total. The van der Waals surface area contributed by atoms with Crippen LogP contribution in [0.1, 0.15) is 29.2 Å². The summed E-state index contributed by atoms with van der Waals surface area (Å²) in [6, 6.07) is 8.49. The highest BCUT2D eigenvalue weighted by Gasteiger charge is 2.54. The van der Waals surface area contributed by atoms with Crippen LogP contribution in [0.5, 0.6) is 0 Å². The summed E-state index contributed by atoms with van der Waals surface area (Å²) in [5.41, 5.74) is 0.660. The van der Waals surface area contributed by atoms with Gasteiger partial charge in [-0.05, 0) is 55.0 Å². The van der Waals surface area contributed by atoms with Gasteiger partial charge in [0.1, 0.15) is 12.1 Å². The van der Waals surface area contributed by atoms with Gasteiger partial charge in [-0.2, -0.15) is 0 Å². The Hall–Kier alpha value is -2.71. The molecule has 1 N–H and O–H groups in total. The minimum absolute atomic E-state index is 0.0630. The summed E-state index contributed by atoms with van der Waals surface area (Å²) in [7, 11) is 0. The van der Waals surface area contributed by atoms with Gasteiger partial charge in [0.15, 0.2) is 0 Å². The molecule has 1 fully saturated rings. The molecule has 1 saturated heterocycles. The highest BCUT2D eigenvalue weighted by Crippen LogP contribution is 2.42. The van der Waals surface area contributed by atoms with Gasteiger partial charge in [-0.1, -0.05) is 11.6 Å². The van der Waals surface area contributed by atoms with Crippen molar-refractivity contribution in [2.45, 2.75) is 31.3 Å². The lowest BCUT2D eigenvalue weighted by Gasteiger charge is -2.31. The topological polar surface area (TPSA) is 88.3 Å². The molecule has 2 aliphatic rings. The Balaban J connectivity index is 1.41. The van der Waals surface area contributed by atoms with Crippen molar-refractivity contribution in [2.24, 2.45) is 0 Å². The van der Waals surface area contributed by atoms with Crippen LogP contribution in [0.3, 0.4) is 0 Å². The van der Waals surface area contributed by atoms with Crippen LogP contribution in [0.15, 0.2) is 40.1 Å². The number of amides is 3. The number of imide groups is 1. The Morgan fingerprint density at radius 2 is 2.04 bits per heavy atom. The Bertz CT molecular complexity index is 1080. The third-order valence-electron chi connectivity index (χ3n) is 5.19. The smallest absolute Gasteiger partial charge is 0.325 e. The monoisotopic (exact) mass is 414 g/mol. The molecule has 28 heavy (non-hydrogen) atoms. The van der Waals surface area contributed by atoms with E-state index in [2.05, 4.69) is 15.5 Å².